The molecule has 1 aliphatic heterocycles. The van der Waals surface area contributed by atoms with Crippen LogP contribution in [0.3, 0.4) is 0 Å². The van der Waals surface area contributed by atoms with Gasteiger partial charge >= 0.3 is 0 Å². The molecule has 0 unspecified atom stereocenters. The number of nitrogens with zero attached hydrogens (tertiary/aromatic N) is 5. The number of rotatable bonds is 7. The largest absolute Gasteiger partial charge is 0.497 e. The van der Waals surface area contributed by atoms with E-state index in [9.17, 15) is 4.79 Å². The van der Waals surface area contributed by atoms with Crippen LogP contribution in [0.1, 0.15) is 16.2 Å². The van der Waals surface area contributed by atoms with Crippen LogP contribution in [0.4, 0.5) is 0 Å². The molecule has 0 radical (unpaired) electrons. The second-order valence-corrected chi connectivity index (χ2v) is 8.60. The highest BCUT2D eigenvalue weighted by atomic mass is 16.5. The summed E-state index contributed by atoms with van der Waals surface area (Å²) in [5.41, 5.74) is 3.08. The van der Waals surface area contributed by atoms with E-state index in [-0.39, 0.29) is 11.7 Å². The van der Waals surface area contributed by atoms with Crippen molar-refractivity contribution < 1.29 is 9.53 Å². The van der Waals surface area contributed by atoms with Crippen molar-refractivity contribution >= 4 is 5.91 Å². The van der Waals surface area contributed by atoms with Crippen LogP contribution in [0, 0.1) is 0 Å². The van der Waals surface area contributed by atoms with Crippen molar-refractivity contribution in [2.45, 2.75) is 6.42 Å². The molecule has 0 N–H and O–H groups in total. The van der Waals surface area contributed by atoms with Gasteiger partial charge in [0.05, 0.1) is 12.8 Å². The number of carbonyl (C=O) groups excluding carboxylic acids is 1. The third-order valence-corrected chi connectivity index (χ3v) is 6.37. The second kappa shape index (κ2) is 10.5. The number of hydrogen-bond acceptors (Lipinski definition) is 5. The van der Waals surface area contributed by atoms with Crippen molar-refractivity contribution in [3.05, 3.63) is 96.3 Å². The van der Waals surface area contributed by atoms with Crippen LogP contribution < -0.4 is 4.74 Å². The summed E-state index contributed by atoms with van der Waals surface area (Å²) in [5, 5.41) is 4.63. The number of methoxy groups -OCH3 is 1. The molecule has 7 nitrogen and oxygen atoms in total. The van der Waals surface area contributed by atoms with Gasteiger partial charge in [0, 0.05) is 38.3 Å². The van der Waals surface area contributed by atoms with Gasteiger partial charge in [-0.1, -0.05) is 60.7 Å². The molecule has 1 amide bonds. The van der Waals surface area contributed by atoms with Crippen molar-refractivity contribution in [3.63, 3.8) is 0 Å². The fourth-order valence-corrected chi connectivity index (χ4v) is 4.32. The zero-order chi connectivity index (χ0) is 24.0. The lowest BCUT2D eigenvalue weighted by Crippen LogP contribution is -2.49. The summed E-state index contributed by atoms with van der Waals surface area (Å²) < 4.78 is 6.99. The van der Waals surface area contributed by atoms with Crippen molar-refractivity contribution in [1.82, 2.24) is 24.6 Å². The van der Waals surface area contributed by atoms with Gasteiger partial charge in [-0.25, -0.2) is 9.67 Å². The van der Waals surface area contributed by atoms with E-state index in [0.29, 0.717) is 18.9 Å². The first-order valence-electron chi connectivity index (χ1n) is 11.9. The third kappa shape index (κ3) is 5.25. The van der Waals surface area contributed by atoms with Gasteiger partial charge in [-0.3, -0.25) is 9.69 Å². The molecule has 5 rings (SSSR count). The Morgan fingerprint density at radius 1 is 0.857 bits per heavy atom. The van der Waals surface area contributed by atoms with Gasteiger partial charge in [0.25, 0.3) is 5.91 Å². The Labute approximate surface area is 205 Å². The molecule has 35 heavy (non-hydrogen) atoms. The highest BCUT2D eigenvalue weighted by Crippen LogP contribution is 2.22. The normalized spacial score (nSPS) is 14.1. The van der Waals surface area contributed by atoms with Crippen LogP contribution in [0.5, 0.6) is 5.75 Å². The van der Waals surface area contributed by atoms with Crippen LogP contribution in [-0.4, -0.2) is 70.3 Å². The Hall–Kier alpha value is -3.97. The van der Waals surface area contributed by atoms with Gasteiger partial charge in [-0.2, -0.15) is 0 Å². The number of piperazine rings is 1. The zero-order valence-corrected chi connectivity index (χ0v) is 19.9. The van der Waals surface area contributed by atoms with Crippen molar-refractivity contribution in [2.24, 2.45) is 0 Å². The predicted octanol–water partition coefficient (Wildman–Crippen LogP) is 3.94. The number of amides is 1. The van der Waals surface area contributed by atoms with E-state index in [1.54, 1.807) is 11.8 Å². The molecule has 0 saturated carbocycles. The zero-order valence-electron chi connectivity index (χ0n) is 19.9. The maximum absolute atomic E-state index is 13.3. The quantitative estimate of drug-likeness (QED) is 0.412. The number of hydrogen-bond donors (Lipinski definition) is 0. The maximum Gasteiger partial charge on any atom is 0.293 e. The van der Waals surface area contributed by atoms with E-state index in [1.807, 2.05) is 77.7 Å². The molecule has 7 heteroatoms. The summed E-state index contributed by atoms with van der Waals surface area (Å²) in [5.74, 6) is 1.66. The second-order valence-electron chi connectivity index (χ2n) is 8.60. The maximum atomic E-state index is 13.3. The molecule has 0 bridgehead atoms. The first kappa shape index (κ1) is 22.8. The van der Waals surface area contributed by atoms with E-state index in [4.69, 9.17) is 4.74 Å². The first-order valence-corrected chi connectivity index (χ1v) is 11.9. The summed E-state index contributed by atoms with van der Waals surface area (Å²) in [7, 11) is 1.68. The molecule has 3 aromatic carbocycles. The molecule has 0 spiro atoms. The lowest BCUT2D eigenvalue weighted by molar-refractivity contribution is 0.0626. The molecule has 1 aromatic heterocycles. The fourth-order valence-electron chi connectivity index (χ4n) is 4.32. The molecule has 178 valence electrons. The molecule has 1 fully saturated rings. The third-order valence-electron chi connectivity index (χ3n) is 6.37. The number of aromatic nitrogens is 3. The Morgan fingerprint density at radius 3 is 2.17 bits per heavy atom. The fraction of sp³-hybridized carbons (Fsp3) is 0.250. The van der Waals surface area contributed by atoms with Gasteiger partial charge in [0.2, 0.25) is 5.82 Å². The highest BCUT2D eigenvalue weighted by Gasteiger charge is 2.26. The Kier molecular flexibility index (Phi) is 6.86. The lowest BCUT2D eigenvalue weighted by atomic mass is 10.1. The van der Waals surface area contributed by atoms with Gasteiger partial charge in [-0.15, -0.1) is 5.10 Å². The minimum atomic E-state index is -0.119. The Bertz CT molecular complexity index is 1190. The Morgan fingerprint density at radius 2 is 1.51 bits per heavy atom. The van der Waals surface area contributed by atoms with E-state index >= 15 is 0 Å². The van der Waals surface area contributed by atoms with Crippen LogP contribution in [0.25, 0.3) is 17.1 Å². The number of benzene rings is 3. The number of carbonyl (C=O) groups is 1. The van der Waals surface area contributed by atoms with E-state index in [2.05, 4.69) is 27.1 Å². The smallest absolute Gasteiger partial charge is 0.293 e. The van der Waals surface area contributed by atoms with Gasteiger partial charge in [0.15, 0.2) is 5.82 Å². The Balaban J connectivity index is 1.25. The van der Waals surface area contributed by atoms with E-state index < -0.39 is 0 Å². The average molecular weight is 468 g/mol. The molecule has 2 heterocycles. The molecular weight excluding hydrogens is 438 g/mol. The van der Waals surface area contributed by atoms with Crippen LogP contribution >= 0.6 is 0 Å². The van der Waals surface area contributed by atoms with E-state index in [1.165, 1.54) is 5.56 Å². The average Bonchev–Trinajstić information content (AvgIpc) is 3.39. The van der Waals surface area contributed by atoms with Crippen LogP contribution in [0.2, 0.25) is 0 Å². The minimum absolute atomic E-state index is 0.119. The summed E-state index contributed by atoms with van der Waals surface area (Å²) in [6.07, 6.45) is 0.974. The van der Waals surface area contributed by atoms with Crippen molar-refractivity contribution in [2.75, 3.05) is 39.8 Å². The number of para-hydroxylation sites is 1. The first-order chi connectivity index (χ1) is 17.2. The van der Waals surface area contributed by atoms with Crippen molar-refractivity contribution in [3.8, 4) is 22.8 Å². The summed E-state index contributed by atoms with van der Waals surface area (Å²) in [6, 6.07) is 27.9. The molecule has 1 saturated heterocycles. The molecule has 0 aliphatic carbocycles. The molecule has 4 aromatic rings. The number of ether oxygens (including phenoxy) is 1. The standard InChI is InChI=1S/C28H29N5O2/c1-35-25-14-12-22(13-15-25)16-17-31-18-20-32(21-19-31)28(34)26-29-27(23-8-4-2-5-9-23)33(30-26)24-10-6-3-7-11-24/h2-15H,16-21H2,1H3. The van der Waals surface area contributed by atoms with Gasteiger partial charge in [-0.05, 0) is 36.2 Å². The molecule has 1 aliphatic rings. The minimum Gasteiger partial charge on any atom is -0.497 e. The van der Waals surface area contributed by atoms with Crippen LogP contribution in [0.15, 0.2) is 84.9 Å². The summed E-state index contributed by atoms with van der Waals surface area (Å²) in [4.78, 5) is 22.3. The van der Waals surface area contributed by atoms with Crippen molar-refractivity contribution in [1.29, 1.82) is 0 Å². The van der Waals surface area contributed by atoms with Gasteiger partial charge in [0.1, 0.15) is 5.75 Å². The summed E-state index contributed by atoms with van der Waals surface area (Å²) in [6.45, 7) is 3.98. The topological polar surface area (TPSA) is 63.5 Å². The molecular formula is C28H29N5O2. The SMILES string of the molecule is COc1ccc(CCN2CCN(C(=O)c3nc(-c4ccccc4)n(-c4ccccc4)n3)CC2)cc1. The molecule has 0 atom stereocenters. The van der Waals surface area contributed by atoms with Crippen LogP contribution in [-0.2, 0) is 6.42 Å². The summed E-state index contributed by atoms with van der Waals surface area (Å²) >= 11 is 0. The monoisotopic (exact) mass is 467 g/mol. The van der Waals surface area contributed by atoms with Gasteiger partial charge < -0.3 is 9.64 Å². The lowest BCUT2D eigenvalue weighted by Gasteiger charge is -2.34. The predicted molar refractivity (Wildman–Crippen MR) is 136 cm³/mol. The van der Waals surface area contributed by atoms with E-state index in [0.717, 1.165) is 43.1 Å². The highest BCUT2D eigenvalue weighted by molar-refractivity contribution is 5.91.